The molecule has 1 atom stereocenters. The predicted molar refractivity (Wildman–Crippen MR) is 174 cm³/mol. The predicted octanol–water partition coefficient (Wildman–Crippen LogP) is 5.64. The number of hydrogen-bond donors (Lipinski definition) is 2. The number of likely N-dealkylation sites (tertiary alicyclic amines) is 1. The highest BCUT2D eigenvalue weighted by atomic mass is 35.5. The van der Waals surface area contributed by atoms with Gasteiger partial charge in [0, 0.05) is 29.8 Å². The number of nitrogens with zero attached hydrogens (tertiary/aromatic N) is 3. The second kappa shape index (κ2) is 14.1. The first-order chi connectivity index (χ1) is 20.1. The summed E-state index contributed by atoms with van der Waals surface area (Å²) < 4.78 is 32.8. The van der Waals surface area contributed by atoms with Crippen LogP contribution in [0.4, 0.5) is 0 Å². The number of benzene rings is 2. The number of aromatic nitrogens is 2. The van der Waals surface area contributed by atoms with Crippen LogP contribution in [-0.4, -0.2) is 66.3 Å². The van der Waals surface area contributed by atoms with E-state index in [4.69, 9.17) is 21.3 Å². The summed E-state index contributed by atoms with van der Waals surface area (Å²) in [6, 6.07) is 9.07. The second-order valence-electron chi connectivity index (χ2n) is 11.2. The van der Waals surface area contributed by atoms with Crippen molar-refractivity contribution in [2.45, 2.75) is 69.1 Å². The average molecular weight is 632 g/mol. The van der Waals surface area contributed by atoms with Crippen LogP contribution in [0, 0.1) is 6.92 Å². The van der Waals surface area contributed by atoms with E-state index in [1.165, 1.54) is 22.4 Å². The van der Waals surface area contributed by atoms with Crippen molar-refractivity contribution < 1.29 is 13.2 Å². The zero-order valence-electron chi connectivity index (χ0n) is 25.1. The summed E-state index contributed by atoms with van der Waals surface area (Å²) in [7, 11) is -3.55. The Kier molecular flexibility index (Phi) is 10.9. The summed E-state index contributed by atoms with van der Waals surface area (Å²) in [5.41, 5.74) is 5.66. The minimum Gasteiger partial charge on any atom is -0.489 e. The molecule has 1 fully saturated rings. The van der Waals surface area contributed by atoms with E-state index in [1.807, 2.05) is 11.8 Å². The third kappa shape index (κ3) is 6.64. The van der Waals surface area contributed by atoms with E-state index < -0.39 is 15.1 Å². The van der Waals surface area contributed by atoms with Gasteiger partial charge in [-0.25, -0.2) is 18.4 Å². The molecule has 2 aliphatic rings. The Balaban J connectivity index is 0.00000198. The molecule has 3 heterocycles. The Bertz CT molecular complexity index is 1510. The van der Waals surface area contributed by atoms with E-state index >= 15 is 0 Å². The van der Waals surface area contributed by atoms with E-state index in [1.54, 1.807) is 44.3 Å². The fourth-order valence-electron chi connectivity index (χ4n) is 6.00. The van der Waals surface area contributed by atoms with Crippen molar-refractivity contribution in [3.8, 4) is 28.4 Å². The first-order valence-corrected chi connectivity index (χ1v) is 17.7. The van der Waals surface area contributed by atoms with Gasteiger partial charge in [0.15, 0.2) is 15.7 Å². The van der Waals surface area contributed by atoms with E-state index in [0.717, 1.165) is 50.2 Å². The molecule has 2 aromatic carbocycles. The van der Waals surface area contributed by atoms with Crippen LogP contribution >= 0.6 is 23.4 Å². The molecule has 1 unspecified atom stereocenters. The summed E-state index contributed by atoms with van der Waals surface area (Å²) in [5.74, 6) is 11.0. The number of ether oxygens (including phenoxy) is 1. The number of rotatable bonds is 8. The Labute approximate surface area is 259 Å². The van der Waals surface area contributed by atoms with Crippen molar-refractivity contribution in [1.82, 2.24) is 14.9 Å². The summed E-state index contributed by atoms with van der Waals surface area (Å²) in [4.78, 5) is 12.3. The zero-order chi connectivity index (χ0) is 30.6. The van der Waals surface area contributed by atoms with Crippen LogP contribution in [-0.2, 0) is 16.3 Å². The van der Waals surface area contributed by atoms with Gasteiger partial charge in [0.2, 0.25) is 0 Å². The summed E-state index contributed by atoms with van der Waals surface area (Å²) >= 11 is 8.51. The maximum atomic E-state index is 13.2. The molecule has 42 heavy (non-hydrogen) atoms. The molecule has 8 nitrogen and oxygen atoms in total. The Hall–Kier alpha value is -2.21. The molecule has 1 saturated heterocycles. The van der Waals surface area contributed by atoms with Crippen LogP contribution in [0.1, 0.15) is 56.2 Å². The number of thioether (sulfide) groups is 1. The van der Waals surface area contributed by atoms with Gasteiger partial charge >= 0.3 is 0 Å². The number of fused-ring (bicyclic) bond motifs is 1. The molecule has 0 radical (unpaired) electrons. The molecule has 0 saturated carbocycles. The van der Waals surface area contributed by atoms with Gasteiger partial charge < -0.3 is 9.64 Å². The van der Waals surface area contributed by atoms with Gasteiger partial charge in [-0.05, 0) is 89.1 Å². The van der Waals surface area contributed by atoms with Crippen LogP contribution in [0.15, 0.2) is 41.4 Å². The lowest BCUT2D eigenvalue weighted by atomic mass is 9.81. The SMILES string of the molecule is CSCCN1CCC(c2c(C)cc(-c3ncc(Cl)c(-c4ccccc4S(=O)(=O)C(C)C)n3)c3c2CC(C)O3)CC1.NN. The first kappa shape index (κ1) is 32.7. The molecule has 5 rings (SSSR count). The van der Waals surface area contributed by atoms with E-state index in [0.29, 0.717) is 28.0 Å². The summed E-state index contributed by atoms with van der Waals surface area (Å²) in [6.07, 6.45) is 6.97. The molecule has 3 aromatic rings. The van der Waals surface area contributed by atoms with Gasteiger partial charge in [-0.2, -0.15) is 11.8 Å². The molecule has 1 aromatic heterocycles. The van der Waals surface area contributed by atoms with Crippen molar-refractivity contribution in [2.75, 3.05) is 31.6 Å². The maximum Gasteiger partial charge on any atom is 0.181 e. The molecule has 0 bridgehead atoms. The zero-order valence-corrected chi connectivity index (χ0v) is 27.5. The van der Waals surface area contributed by atoms with Crippen LogP contribution in [0.5, 0.6) is 5.75 Å². The Morgan fingerprint density at radius 1 is 1.17 bits per heavy atom. The Morgan fingerprint density at radius 3 is 2.52 bits per heavy atom. The van der Waals surface area contributed by atoms with Crippen LogP contribution in [0.2, 0.25) is 5.02 Å². The number of hydrogen-bond acceptors (Lipinski definition) is 9. The smallest absolute Gasteiger partial charge is 0.181 e. The molecule has 0 amide bonds. The molecule has 228 valence electrons. The number of aryl methyl sites for hydroxylation is 1. The molecule has 0 spiro atoms. The van der Waals surface area contributed by atoms with Crippen molar-refractivity contribution in [3.63, 3.8) is 0 Å². The third-order valence-electron chi connectivity index (χ3n) is 8.10. The summed E-state index contributed by atoms with van der Waals surface area (Å²) in [6.45, 7) is 11.1. The highest BCUT2D eigenvalue weighted by Crippen LogP contribution is 2.46. The number of sulfone groups is 1. The largest absolute Gasteiger partial charge is 0.489 e. The normalized spacial score (nSPS) is 17.5. The van der Waals surface area contributed by atoms with E-state index in [9.17, 15) is 8.42 Å². The fraction of sp³-hybridized carbons (Fsp3) is 0.484. The van der Waals surface area contributed by atoms with E-state index in [2.05, 4.69) is 47.7 Å². The van der Waals surface area contributed by atoms with Gasteiger partial charge in [0.1, 0.15) is 11.9 Å². The summed E-state index contributed by atoms with van der Waals surface area (Å²) in [5, 5.41) is -0.262. The minimum absolute atomic E-state index is 0.0691. The highest BCUT2D eigenvalue weighted by Gasteiger charge is 2.33. The molecular weight excluding hydrogens is 590 g/mol. The maximum absolute atomic E-state index is 13.2. The molecule has 2 aliphatic heterocycles. The van der Waals surface area contributed by atoms with Crippen LogP contribution in [0.25, 0.3) is 22.6 Å². The van der Waals surface area contributed by atoms with Crippen LogP contribution < -0.4 is 16.4 Å². The van der Waals surface area contributed by atoms with Gasteiger partial charge in [0.05, 0.1) is 32.6 Å². The quantitative estimate of drug-likeness (QED) is 0.240. The monoisotopic (exact) mass is 631 g/mol. The minimum atomic E-state index is -3.55. The molecular formula is C31H42ClN5O3S2. The molecule has 11 heteroatoms. The van der Waals surface area contributed by atoms with Crippen molar-refractivity contribution in [3.05, 3.63) is 58.2 Å². The molecule has 4 N–H and O–H groups in total. The lowest BCUT2D eigenvalue weighted by Gasteiger charge is -2.33. The average Bonchev–Trinajstić information content (AvgIpc) is 3.38. The number of hydrazine groups is 1. The standard InChI is InChI=1S/C31H38ClN3O3S2.H4N2/c1-19(2)40(36,37)27-9-7-6-8-23(27)29-26(32)18-33-31(34-29)25-16-20(3)28(24-17-21(4)38-30(24)25)22-10-12-35(13-11-22)14-15-39-5;1-2/h6-9,16,18-19,21-22H,10-15,17H2,1-5H3;1-2H2. The van der Waals surface area contributed by atoms with Gasteiger partial charge in [-0.3, -0.25) is 11.7 Å². The van der Waals surface area contributed by atoms with Crippen molar-refractivity contribution in [2.24, 2.45) is 11.7 Å². The van der Waals surface area contributed by atoms with Crippen molar-refractivity contribution in [1.29, 1.82) is 0 Å². The number of nitrogens with two attached hydrogens (primary N) is 2. The lowest BCUT2D eigenvalue weighted by Crippen LogP contribution is -2.34. The lowest BCUT2D eigenvalue weighted by molar-refractivity contribution is 0.223. The highest BCUT2D eigenvalue weighted by molar-refractivity contribution is 7.98. The van der Waals surface area contributed by atoms with Crippen LogP contribution in [0.3, 0.4) is 0 Å². The van der Waals surface area contributed by atoms with Gasteiger partial charge in [0.25, 0.3) is 0 Å². The second-order valence-corrected chi connectivity index (χ2v) is 15.0. The first-order valence-electron chi connectivity index (χ1n) is 14.4. The van der Waals surface area contributed by atoms with E-state index in [-0.39, 0.29) is 11.0 Å². The van der Waals surface area contributed by atoms with Gasteiger partial charge in [-0.15, -0.1) is 0 Å². The Morgan fingerprint density at radius 2 is 1.86 bits per heavy atom. The number of piperidine rings is 1. The fourth-order valence-corrected chi connectivity index (χ4v) is 7.88. The molecule has 0 aliphatic carbocycles. The number of halogens is 1. The topological polar surface area (TPSA) is 124 Å². The van der Waals surface area contributed by atoms with Gasteiger partial charge in [-0.1, -0.05) is 29.8 Å². The van der Waals surface area contributed by atoms with Crippen molar-refractivity contribution >= 4 is 33.2 Å². The third-order valence-corrected chi connectivity index (χ3v) is 11.2.